The predicted octanol–water partition coefficient (Wildman–Crippen LogP) is 5.63. The van der Waals surface area contributed by atoms with Crippen LogP contribution in [0.25, 0.3) is 5.69 Å². The molecular weight excluding hydrogens is 662 g/mol. The average molecular weight is 700 g/mol. The van der Waals surface area contributed by atoms with Crippen molar-refractivity contribution in [2.24, 2.45) is 0 Å². The molecule has 4 aromatic rings. The Morgan fingerprint density at radius 1 is 0.957 bits per heavy atom. The van der Waals surface area contributed by atoms with Crippen molar-refractivity contribution in [3.8, 4) is 22.9 Å². The van der Waals surface area contributed by atoms with E-state index in [1.165, 1.54) is 43.4 Å². The Morgan fingerprint density at radius 2 is 1.72 bits per heavy atom. The van der Waals surface area contributed by atoms with Gasteiger partial charge in [-0.05, 0) is 41.9 Å². The lowest BCUT2D eigenvalue weighted by atomic mass is 10.1. The smallest absolute Gasteiger partial charge is 0.412 e. The van der Waals surface area contributed by atoms with E-state index in [0.29, 0.717) is 34.2 Å². The van der Waals surface area contributed by atoms with E-state index in [2.05, 4.69) is 40.1 Å². The number of nitrogens with zero attached hydrogens (tertiary/aromatic N) is 2. The molecule has 15 heteroatoms. The van der Waals surface area contributed by atoms with Crippen LogP contribution in [-0.2, 0) is 27.8 Å². The average Bonchev–Trinajstić information content (AvgIpc) is 3.48. The van der Waals surface area contributed by atoms with Crippen LogP contribution in [0.3, 0.4) is 0 Å². The summed E-state index contributed by atoms with van der Waals surface area (Å²) in [6.07, 6.45) is 2.05. The number of amides is 2. The molecule has 0 atom stereocenters. The largest absolute Gasteiger partial charge is 0.497 e. The molecule has 3 N–H and O–H groups in total. The van der Waals surface area contributed by atoms with Crippen LogP contribution in [0.4, 0.5) is 10.5 Å². The van der Waals surface area contributed by atoms with Gasteiger partial charge in [0.1, 0.15) is 16.4 Å². The van der Waals surface area contributed by atoms with Crippen molar-refractivity contribution in [1.82, 2.24) is 19.8 Å². The van der Waals surface area contributed by atoms with Crippen LogP contribution in [-0.4, -0.2) is 59.0 Å². The molecule has 0 fully saturated rings. The highest BCUT2D eigenvalue weighted by atomic mass is 35.5. The van der Waals surface area contributed by atoms with Crippen molar-refractivity contribution in [3.05, 3.63) is 89.2 Å². The van der Waals surface area contributed by atoms with Gasteiger partial charge >= 0.3 is 6.09 Å². The molecule has 2 amide bonds. The first kappa shape index (κ1) is 35.5. The Labute approximate surface area is 280 Å². The zero-order valence-corrected chi connectivity index (χ0v) is 29.4. The Bertz CT molecular complexity index is 1840. The molecule has 4 rings (SSSR count). The fourth-order valence-electron chi connectivity index (χ4n) is 4.44. The summed E-state index contributed by atoms with van der Waals surface area (Å²) in [6.45, 7) is 6.98. The monoisotopic (exact) mass is 699 g/mol. The Kier molecular flexibility index (Phi) is 11.7. The van der Waals surface area contributed by atoms with Crippen LogP contribution < -0.4 is 29.6 Å². The van der Waals surface area contributed by atoms with Crippen molar-refractivity contribution < 1.29 is 32.2 Å². The molecule has 1 aromatic heterocycles. The van der Waals surface area contributed by atoms with Crippen LogP contribution in [0.15, 0.2) is 78.0 Å². The van der Waals surface area contributed by atoms with Crippen LogP contribution in [0.2, 0.25) is 30.7 Å². The molecule has 250 valence electrons. The van der Waals surface area contributed by atoms with E-state index in [1.807, 2.05) is 0 Å². The highest BCUT2D eigenvalue weighted by Crippen LogP contribution is 2.28. The molecular formula is C32H38ClN5O7SSi. The summed E-state index contributed by atoms with van der Waals surface area (Å²) < 4.78 is 47.6. The van der Waals surface area contributed by atoms with E-state index in [-0.39, 0.29) is 40.9 Å². The minimum absolute atomic E-state index is 0.0150. The minimum Gasteiger partial charge on any atom is -0.497 e. The number of benzene rings is 3. The summed E-state index contributed by atoms with van der Waals surface area (Å²) in [6, 6.07) is 17.3. The van der Waals surface area contributed by atoms with Gasteiger partial charge in [0.15, 0.2) is 5.75 Å². The molecule has 0 bridgehead atoms. The SMILES string of the molecule is COc1ccc(CNS(=O)(=O)c2cc(NC(=O)Cc3ccccc3Cl)ccc2-n2cc(OC(=O)NCC[Si](C)(C)C)cn2)c(OC)c1. The zero-order valence-electron chi connectivity index (χ0n) is 26.8. The summed E-state index contributed by atoms with van der Waals surface area (Å²) in [4.78, 5) is 25.1. The molecule has 0 aliphatic rings. The molecule has 0 aliphatic heterocycles. The van der Waals surface area contributed by atoms with E-state index in [4.69, 9.17) is 25.8 Å². The maximum Gasteiger partial charge on any atom is 0.412 e. The summed E-state index contributed by atoms with van der Waals surface area (Å²) in [5, 5.41) is 10.2. The van der Waals surface area contributed by atoms with Gasteiger partial charge in [0, 0.05) is 43.5 Å². The third-order valence-electron chi connectivity index (χ3n) is 6.95. The Hall–Kier alpha value is -4.37. The number of hydrogen-bond acceptors (Lipinski definition) is 8. The first-order valence-corrected chi connectivity index (χ1v) is 20.2. The molecule has 0 spiro atoms. The number of halogens is 1. The maximum absolute atomic E-state index is 13.8. The van der Waals surface area contributed by atoms with Gasteiger partial charge in [0.25, 0.3) is 0 Å². The Balaban J connectivity index is 1.61. The van der Waals surface area contributed by atoms with E-state index >= 15 is 0 Å². The summed E-state index contributed by atoms with van der Waals surface area (Å²) >= 11 is 6.22. The number of carbonyl (C=O) groups is 2. The number of hydrogen-bond donors (Lipinski definition) is 3. The van der Waals surface area contributed by atoms with Gasteiger partial charge < -0.3 is 24.8 Å². The second-order valence-corrected chi connectivity index (χ2v) is 19.5. The lowest BCUT2D eigenvalue weighted by Crippen LogP contribution is -2.32. The summed E-state index contributed by atoms with van der Waals surface area (Å²) in [7, 11) is -2.58. The van der Waals surface area contributed by atoms with E-state index in [9.17, 15) is 18.0 Å². The van der Waals surface area contributed by atoms with Gasteiger partial charge in [-0.15, -0.1) is 0 Å². The van der Waals surface area contributed by atoms with E-state index in [1.54, 1.807) is 48.5 Å². The van der Waals surface area contributed by atoms with Crippen LogP contribution in [0, 0.1) is 0 Å². The van der Waals surface area contributed by atoms with Crippen molar-refractivity contribution in [1.29, 1.82) is 0 Å². The number of anilines is 1. The summed E-state index contributed by atoms with van der Waals surface area (Å²) in [5.41, 5.74) is 1.58. The van der Waals surface area contributed by atoms with Crippen LogP contribution in [0.1, 0.15) is 11.1 Å². The van der Waals surface area contributed by atoms with Crippen molar-refractivity contribution in [2.75, 3.05) is 26.1 Å². The number of sulfonamides is 1. The first-order chi connectivity index (χ1) is 22.3. The third-order valence-corrected chi connectivity index (χ3v) is 10.5. The lowest BCUT2D eigenvalue weighted by Gasteiger charge is -2.16. The number of ether oxygens (including phenoxy) is 3. The van der Waals surface area contributed by atoms with Gasteiger partial charge in [-0.25, -0.2) is 22.6 Å². The lowest BCUT2D eigenvalue weighted by molar-refractivity contribution is -0.115. The number of methoxy groups -OCH3 is 2. The van der Waals surface area contributed by atoms with E-state index in [0.717, 1.165) is 6.04 Å². The van der Waals surface area contributed by atoms with Gasteiger partial charge in [-0.3, -0.25) is 4.79 Å². The Morgan fingerprint density at radius 3 is 2.43 bits per heavy atom. The van der Waals surface area contributed by atoms with Crippen molar-refractivity contribution in [2.45, 2.75) is 43.5 Å². The van der Waals surface area contributed by atoms with Gasteiger partial charge in [0.05, 0.1) is 38.7 Å². The zero-order chi connectivity index (χ0) is 34.2. The van der Waals surface area contributed by atoms with Crippen molar-refractivity contribution >= 4 is 47.4 Å². The topological polar surface area (TPSA) is 150 Å². The quantitative estimate of drug-likeness (QED) is 0.143. The molecule has 12 nitrogen and oxygen atoms in total. The van der Waals surface area contributed by atoms with Gasteiger partial charge in [-0.2, -0.15) is 5.10 Å². The fraction of sp³-hybridized carbons (Fsp3) is 0.281. The normalized spacial score (nSPS) is 11.5. The number of rotatable bonds is 14. The second-order valence-electron chi connectivity index (χ2n) is 11.7. The molecule has 1 heterocycles. The molecule has 0 radical (unpaired) electrons. The van der Waals surface area contributed by atoms with Gasteiger partial charge in [-0.1, -0.05) is 55.5 Å². The summed E-state index contributed by atoms with van der Waals surface area (Å²) in [5.74, 6) is 0.717. The standard InChI is InChI=1S/C32H38ClN5O7SSi/c1-43-25-12-10-23(29(18-25)44-2)19-36-46(41,42)30-17-24(37-31(39)16-22-8-6-7-9-27(22)33)11-13-28(30)38-21-26(20-35-38)45-32(40)34-14-15-47(3,4)5/h6-13,17-18,20-21,36H,14-16,19H2,1-5H3,(H,34,40)(H,37,39). The van der Waals surface area contributed by atoms with Crippen LogP contribution >= 0.6 is 11.6 Å². The highest BCUT2D eigenvalue weighted by Gasteiger charge is 2.23. The fourth-order valence-corrected chi connectivity index (χ4v) is 6.74. The molecule has 0 unspecified atom stereocenters. The highest BCUT2D eigenvalue weighted by molar-refractivity contribution is 7.89. The number of aromatic nitrogens is 2. The first-order valence-electron chi connectivity index (χ1n) is 14.7. The van der Waals surface area contributed by atoms with E-state index < -0.39 is 24.2 Å². The van der Waals surface area contributed by atoms with Crippen molar-refractivity contribution in [3.63, 3.8) is 0 Å². The van der Waals surface area contributed by atoms with Crippen LogP contribution in [0.5, 0.6) is 17.2 Å². The number of carbonyl (C=O) groups excluding carboxylic acids is 2. The molecule has 0 saturated heterocycles. The molecule has 3 aromatic carbocycles. The minimum atomic E-state index is -4.23. The molecule has 47 heavy (non-hydrogen) atoms. The third kappa shape index (κ3) is 10.1. The molecule has 0 aliphatic carbocycles. The second kappa shape index (κ2) is 15.5. The number of nitrogens with one attached hydrogen (secondary N) is 3. The maximum atomic E-state index is 13.8. The molecule has 0 saturated carbocycles. The van der Waals surface area contributed by atoms with Gasteiger partial charge in [0.2, 0.25) is 15.9 Å². The predicted molar refractivity (Wildman–Crippen MR) is 183 cm³/mol.